The minimum absolute atomic E-state index is 0. The average molecular weight is 340 g/mol. The second kappa shape index (κ2) is 8.29. The molecule has 2 heterocycles. The van der Waals surface area contributed by atoms with Crippen LogP contribution in [0.4, 0.5) is 5.69 Å². The first-order chi connectivity index (χ1) is 10.7. The topological polar surface area (TPSA) is 79.5 Å². The SMILES string of the molecule is Cl.O=C(NCC1CNC1)c1cccc(NC(=O)C2CCCO2)c1. The Hall–Kier alpha value is -1.63. The van der Waals surface area contributed by atoms with Crippen molar-refractivity contribution in [1.82, 2.24) is 10.6 Å². The Bertz CT molecular complexity index is 557. The molecule has 0 saturated carbocycles. The number of hydrogen-bond acceptors (Lipinski definition) is 4. The summed E-state index contributed by atoms with van der Waals surface area (Å²) in [5.41, 5.74) is 1.18. The van der Waals surface area contributed by atoms with E-state index in [-0.39, 0.29) is 30.3 Å². The summed E-state index contributed by atoms with van der Waals surface area (Å²) in [4.78, 5) is 24.1. The van der Waals surface area contributed by atoms with E-state index in [1.54, 1.807) is 24.3 Å². The lowest BCUT2D eigenvalue weighted by Crippen LogP contribution is -2.48. The van der Waals surface area contributed by atoms with E-state index in [2.05, 4.69) is 16.0 Å². The zero-order chi connectivity index (χ0) is 15.4. The number of carbonyl (C=O) groups is 2. The Balaban J connectivity index is 0.00000192. The Kier molecular flexibility index (Phi) is 6.38. The second-order valence-electron chi connectivity index (χ2n) is 5.81. The van der Waals surface area contributed by atoms with Gasteiger partial charge in [0.1, 0.15) is 6.10 Å². The summed E-state index contributed by atoms with van der Waals surface area (Å²) in [6.07, 6.45) is 1.29. The van der Waals surface area contributed by atoms with Crippen LogP contribution in [0.3, 0.4) is 0 Å². The van der Waals surface area contributed by atoms with Crippen LogP contribution in [0.15, 0.2) is 24.3 Å². The summed E-state index contributed by atoms with van der Waals surface area (Å²) in [6.45, 7) is 3.23. The molecule has 6 nitrogen and oxygen atoms in total. The van der Waals surface area contributed by atoms with Crippen LogP contribution in [0, 0.1) is 5.92 Å². The predicted molar refractivity (Wildman–Crippen MR) is 90.0 cm³/mol. The van der Waals surface area contributed by atoms with E-state index in [0.717, 1.165) is 25.9 Å². The first-order valence-electron chi connectivity index (χ1n) is 7.74. The second-order valence-corrected chi connectivity index (χ2v) is 5.81. The van der Waals surface area contributed by atoms with Crippen molar-refractivity contribution in [2.24, 2.45) is 5.92 Å². The van der Waals surface area contributed by atoms with Gasteiger partial charge in [-0.25, -0.2) is 0 Å². The van der Waals surface area contributed by atoms with Crippen LogP contribution in [0.2, 0.25) is 0 Å². The fraction of sp³-hybridized carbons (Fsp3) is 0.500. The molecule has 0 spiro atoms. The predicted octanol–water partition coefficient (Wildman–Crippen LogP) is 1.18. The smallest absolute Gasteiger partial charge is 0.253 e. The molecule has 3 N–H and O–H groups in total. The Morgan fingerprint density at radius 3 is 2.78 bits per heavy atom. The largest absolute Gasteiger partial charge is 0.368 e. The minimum atomic E-state index is -0.372. The Labute approximate surface area is 141 Å². The van der Waals surface area contributed by atoms with Crippen LogP contribution in [0.1, 0.15) is 23.2 Å². The fourth-order valence-corrected chi connectivity index (χ4v) is 2.58. The van der Waals surface area contributed by atoms with Crippen molar-refractivity contribution in [3.63, 3.8) is 0 Å². The highest BCUT2D eigenvalue weighted by atomic mass is 35.5. The lowest BCUT2D eigenvalue weighted by molar-refractivity contribution is -0.124. The molecule has 2 fully saturated rings. The van der Waals surface area contributed by atoms with Crippen molar-refractivity contribution < 1.29 is 14.3 Å². The quantitative estimate of drug-likeness (QED) is 0.752. The molecule has 0 aromatic heterocycles. The normalized spacial score (nSPS) is 20.3. The summed E-state index contributed by atoms with van der Waals surface area (Å²) >= 11 is 0. The van der Waals surface area contributed by atoms with Gasteiger partial charge in [-0.05, 0) is 31.0 Å². The van der Waals surface area contributed by atoms with Gasteiger partial charge in [0.2, 0.25) is 0 Å². The van der Waals surface area contributed by atoms with E-state index in [9.17, 15) is 9.59 Å². The maximum Gasteiger partial charge on any atom is 0.253 e. The number of rotatable bonds is 5. The van der Waals surface area contributed by atoms with Gasteiger partial charge >= 0.3 is 0 Å². The van der Waals surface area contributed by atoms with Crippen LogP contribution in [-0.2, 0) is 9.53 Å². The third-order valence-corrected chi connectivity index (χ3v) is 4.03. The molecule has 3 rings (SSSR count). The molecular weight excluding hydrogens is 318 g/mol. The first-order valence-corrected chi connectivity index (χ1v) is 7.74. The number of nitrogens with one attached hydrogen (secondary N) is 3. The van der Waals surface area contributed by atoms with Gasteiger partial charge in [0.25, 0.3) is 11.8 Å². The number of halogens is 1. The molecule has 2 amide bonds. The molecule has 1 aromatic carbocycles. The lowest BCUT2D eigenvalue weighted by atomic mass is 10.0. The summed E-state index contributed by atoms with van der Waals surface area (Å²) in [7, 11) is 0. The van der Waals surface area contributed by atoms with E-state index >= 15 is 0 Å². The summed E-state index contributed by atoms with van der Waals surface area (Å²) in [5, 5.41) is 8.90. The van der Waals surface area contributed by atoms with Crippen molar-refractivity contribution >= 4 is 29.9 Å². The van der Waals surface area contributed by atoms with E-state index < -0.39 is 0 Å². The van der Waals surface area contributed by atoms with Gasteiger partial charge < -0.3 is 20.7 Å². The van der Waals surface area contributed by atoms with E-state index in [1.165, 1.54) is 0 Å². The van der Waals surface area contributed by atoms with Crippen molar-refractivity contribution in [2.45, 2.75) is 18.9 Å². The highest BCUT2D eigenvalue weighted by molar-refractivity contribution is 5.98. The third-order valence-electron chi connectivity index (χ3n) is 4.03. The van der Waals surface area contributed by atoms with Crippen LogP contribution >= 0.6 is 12.4 Å². The molecule has 0 bridgehead atoms. The molecule has 2 aliphatic rings. The fourth-order valence-electron chi connectivity index (χ4n) is 2.58. The monoisotopic (exact) mass is 339 g/mol. The van der Waals surface area contributed by atoms with Crippen LogP contribution in [0.25, 0.3) is 0 Å². The summed E-state index contributed by atoms with van der Waals surface area (Å²) in [5.74, 6) is 0.266. The zero-order valence-electron chi connectivity index (χ0n) is 12.8. The van der Waals surface area contributed by atoms with Crippen LogP contribution in [-0.4, -0.2) is 44.2 Å². The standard InChI is InChI=1S/C16H21N3O3.ClH/c20-15(18-10-11-8-17-9-11)12-3-1-4-13(7-12)19-16(21)14-5-2-6-22-14;/h1,3-4,7,11,14,17H,2,5-6,8-10H2,(H,18,20)(H,19,21);1H. The number of benzene rings is 1. The van der Waals surface area contributed by atoms with E-state index in [0.29, 0.717) is 30.3 Å². The van der Waals surface area contributed by atoms with Gasteiger partial charge in [0.15, 0.2) is 0 Å². The van der Waals surface area contributed by atoms with Gasteiger partial charge in [-0.2, -0.15) is 0 Å². The maximum atomic E-state index is 12.1. The first kappa shape index (κ1) is 17.7. The number of hydrogen-bond donors (Lipinski definition) is 3. The molecule has 23 heavy (non-hydrogen) atoms. The van der Waals surface area contributed by atoms with E-state index in [4.69, 9.17) is 4.74 Å². The maximum absolute atomic E-state index is 12.1. The zero-order valence-corrected chi connectivity index (χ0v) is 13.7. The van der Waals surface area contributed by atoms with Crippen LogP contribution < -0.4 is 16.0 Å². The number of carbonyl (C=O) groups excluding carboxylic acids is 2. The summed E-state index contributed by atoms with van der Waals surface area (Å²) < 4.78 is 5.35. The summed E-state index contributed by atoms with van der Waals surface area (Å²) in [6, 6.07) is 6.99. The molecule has 2 aliphatic heterocycles. The number of anilines is 1. The highest BCUT2D eigenvalue weighted by Crippen LogP contribution is 2.16. The molecule has 1 atom stereocenters. The molecule has 126 valence electrons. The van der Waals surface area contributed by atoms with Crippen molar-refractivity contribution in [3.8, 4) is 0 Å². The highest BCUT2D eigenvalue weighted by Gasteiger charge is 2.23. The molecule has 0 radical (unpaired) electrons. The van der Waals surface area contributed by atoms with E-state index in [1.807, 2.05) is 0 Å². The Morgan fingerprint density at radius 1 is 1.30 bits per heavy atom. The number of amides is 2. The van der Waals surface area contributed by atoms with Gasteiger partial charge in [-0.1, -0.05) is 6.07 Å². The van der Waals surface area contributed by atoms with Crippen LogP contribution in [0.5, 0.6) is 0 Å². The van der Waals surface area contributed by atoms with Gasteiger partial charge in [0, 0.05) is 43.4 Å². The molecular formula is C16H22ClN3O3. The van der Waals surface area contributed by atoms with Gasteiger partial charge in [-0.15, -0.1) is 12.4 Å². The third kappa shape index (κ3) is 4.67. The van der Waals surface area contributed by atoms with Crippen molar-refractivity contribution in [1.29, 1.82) is 0 Å². The van der Waals surface area contributed by atoms with Crippen molar-refractivity contribution in [3.05, 3.63) is 29.8 Å². The lowest BCUT2D eigenvalue weighted by Gasteiger charge is -2.27. The minimum Gasteiger partial charge on any atom is -0.368 e. The molecule has 1 unspecified atom stereocenters. The molecule has 0 aliphatic carbocycles. The van der Waals surface area contributed by atoms with Gasteiger partial charge in [-0.3, -0.25) is 9.59 Å². The average Bonchev–Trinajstić information content (AvgIpc) is 3.00. The molecule has 1 aromatic rings. The number of ether oxygens (including phenoxy) is 1. The van der Waals surface area contributed by atoms with Crippen molar-refractivity contribution in [2.75, 3.05) is 31.6 Å². The Morgan fingerprint density at radius 2 is 2.13 bits per heavy atom. The molecule has 2 saturated heterocycles. The van der Waals surface area contributed by atoms with Gasteiger partial charge in [0.05, 0.1) is 0 Å². The molecule has 7 heteroatoms.